The molecule has 1 heterocycles. The van der Waals surface area contributed by atoms with Gasteiger partial charge in [-0.3, -0.25) is 0 Å². The second-order valence-corrected chi connectivity index (χ2v) is 5.95. The van der Waals surface area contributed by atoms with Crippen molar-refractivity contribution in [2.45, 2.75) is 71.3 Å². The van der Waals surface area contributed by atoms with Gasteiger partial charge in [0.05, 0.1) is 23.5 Å². The van der Waals surface area contributed by atoms with Crippen LogP contribution in [0.15, 0.2) is 24.3 Å². The van der Waals surface area contributed by atoms with E-state index >= 15 is 0 Å². The average Bonchev–Trinajstić information content (AvgIpc) is 2.89. The summed E-state index contributed by atoms with van der Waals surface area (Å²) in [6.45, 7) is 3.01. The van der Waals surface area contributed by atoms with Crippen LogP contribution in [0.2, 0.25) is 0 Å². The monoisotopic (exact) mass is 333 g/mol. The van der Waals surface area contributed by atoms with Crippen molar-refractivity contribution in [2.75, 3.05) is 0 Å². The topological polar surface area (TPSA) is 41.6 Å². The maximum absolute atomic E-state index is 8.86. The molecule has 0 atom stereocenters. The molecule has 0 amide bonds. The first kappa shape index (κ1) is 19.5. The number of unbranched alkanes of at least 4 members (excludes halogenated alkanes) is 6. The van der Waals surface area contributed by atoms with Crippen molar-refractivity contribution in [3.63, 3.8) is 0 Å². The summed E-state index contributed by atoms with van der Waals surface area (Å²) in [6.07, 6.45) is 10.8. The Labute approximate surface area is 146 Å². The van der Waals surface area contributed by atoms with Crippen molar-refractivity contribution in [3.8, 4) is 6.07 Å². The Hall–Kier alpha value is -1.53. The molecule has 2 aromatic rings. The highest BCUT2D eigenvalue weighted by molar-refractivity contribution is 5.85. The molecule has 4 heteroatoms. The first-order valence-electron chi connectivity index (χ1n) is 8.68. The van der Waals surface area contributed by atoms with Gasteiger partial charge in [-0.2, -0.15) is 5.26 Å². The van der Waals surface area contributed by atoms with E-state index in [1.807, 2.05) is 12.1 Å². The lowest BCUT2D eigenvalue weighted by Crippen LogP contribution is -2.04. The van der Waals surface area contributed by atoms with Crippen LogP contribution >= 0.6 is 12.4 Å². The van der Waals surface area contributed by atoms with Crippen LogP contribution in [0.1, 0.15) is 64.1 Å². The Kier molecular flexibility index (Phi) is 9.40. The molecule has 3 nitrogen and oxygen atoms in total. The maximum atomic E-state index is 8.86. The number of hydrogen-bond acceptors (Lipinski definition) is 2. The lowest BCUT2D eigenvalue weighted by atomic mass is 10.1. The van der Waals surface area contributed by atoms with Crippen molar-refractivity contribution in [2.24, 2.45) is 0 Å². The van der Waals surface area contributed by atoms with Gasteiger partial charge >= 0.3 is 0 Å². The van der Waals surface area contributed by atoms with Crippen LogP contribution in [0.4, 0.5) is 0 Å². The molecule has 0 aliphatic heterocycles. The molecule has 0 saturated heterocycles. The van der Waals surface area contributed by atoms with Crippen molar-refractivity contribution >= 4 is 23.4 Å². The summed E-state index contributed by atoms with van der Waals surface area (Å²) in [5.41, 5.74) is 2.22. The van der Waals surface area contributed by atoms with Crippen LogP contribution in [-0.4, -0.2) is 9.55 Å². The number of para-hydroxylation sites is 2. The quantitative estimate of drug-likeness (QED) is 0.526. The molecule has 0 unspecified atom stereocenters. The highest BCUT2D eigenvalue weighted by Gasteiger charge is 2.09. The number of nitriles is 1. The Bertz CT molecular complexity index is 613. The molecule has 0 radical (unpaired) electrons. The smallest absolute Gasteiger partial charge is 0.109 e. The predicted octanol–water partition coefficient (Wildman–Crippen LogP) is 5.66. The molecular formula is C19H28ClN3. The minimum Gasteiger partial charge on any atom is -0.327 e. The first-order chi connectivity index (χ1) is 10.9. The van der Waals surface area contributed by atoms with Gasteiger partial charge in [-0.15, -0.1) is 12.4 Å². The van der Waals surface area contributed by atoms with Crippen LogP contribution in [-0.2, 0) is 13.0 Å². The molecule has 2 rings (SSSR count). The summed E-state index contributed by atoms with van der Waals surface area (Å²) in [5, 5.41) is 8.86. The summed E-state index contributed by atoms with van der Waals surface area (Å²) in [6, 6.07) is 10.5. The van der Waals surface area contributed by atoms with Gasteiger partial charge < -0.3 is 4.57 Å². The molecule has 1 aromatic carbocycles. The third-order valence-electron chi connectivity index (χ3n) is 4.18. The van der Waals surface area contributed by atoms with E-state index in [0.29, 0.717) is 6.42 Å². The zero-order chi connectivity index (χ0) is 15.6. The normalized spacial score (nSPS) is 10.4. The summed E-state index contributed by atoms with van der Waals surface area (Å²) >= 11 is 0. The van der Waals surface area contributed by atoms with Gasteiger partial charge in [0.15, 0.2) is 0 Å². The number of aromatic nitrogens is 2. The standard InChI is InChI=1S/C19H27N3.ClH/c1-2-3-4-5-6-7-8-14-19-21-17-12-9-10-13-18(17)22(19)16-11-15-20;/h9-10,12-13H,2-8,11,14,16H2,1H3;1H. The maximum Gasteiger partial charge on any atom is 0.109 e. The molecule has 0 fully saturated rings. The molecule has 126 valence electrons. The Morgan fingerprint density at radius 2 is 1.74 bits per heavy atom. The number of fused-ring (bicyclic) bond motifs is 1. The molecule has 1 aromatic heterocycles. The van der Waals surface area contributed by atoms with Crippen molar-refractivity contribution < 1.29 is 0 Å². The number of hydrogen-bond donors (Lipinski definition) is 0. The van der Waals surface area contributed by atoms with Gasteiger partial charge in [-0.1, -0.05) is 57.6 Å². The molecule has 0 aliphatic rings. The predicted molar refractivity (Wildman–Crippen MR) is 98.9 cm³/mol. The van der Waals surface area contributed by atoms with Gasteiger partial charge in [0.1, 0.15) is 5.82 Å². The van der Waals surface area contributed by atoms with E-state index in [1.54, 1.807) is 0 Å². The minimum absolute atomic E-state index is 0. The highest BCUT2D eigenvalue weighted by Crippen LogP contribution is 2.18. The Morgan fingerprint density at radius 3 is 2.48 bits per heavy atom. The Morgan fingerprint density at radius 1 is 1.04 bits per heavy atom. The van der Waals surface area contributed by atoms with Gasteiger partial charge in [0.25, 0.3) is 0 Å². The van der Waals surface area contributed by atoms with Crippen LogP contribution in [0.3, 0.4) is 0 Å². The lowest BCUT2D eigenvalue weighted by Gasteiger charge is -2.07. The van der Waals surface area contributed by atoms with Crippen LogP contribution < -0.4 is 0 Å². The van der Waals surface area contributed by atoms with Gasteiger partial charge in [0, 0.05) is 13.0 Å². The summed E-state index contributed by atoms with van der Waals surface area (Å²) < 4.78 is 2.23. The van der Waals surface area contributed by atoms with E-state index in [4.69, 9.17) is 10.2 Å². The van der Waals surface area contributed by atoms with E-state index in [0.717, 1.165) is 29.8 Å². The first-order valence-corrected chi connectivity index (χ1v) is 8.68. The zero-order valence-electron chi connectivity index (χ0n) is 14.1. The summed E-state index contributed by atoms with van der Waals surface area (Å²) in [5.74, 6) is 1.14. The number of rotatable bonds is 10. The summed E-state index contributed by atoms with van der Waals surface area (Å²) in [7, 11) is 0. The van der Waals surface area contributed by atoms with Gasteiger partial charge in [-0.05, 0) is 18.6 Å². The number of halogens is 1. The van der Waals surface area contributed by atoms with E-state index < -0.39 is 0 Å². The van der Waals surface area contributed by atoms with Crippen LogP contribution in [0.5, 0.6) is 0 Å². The fraction of sp³-hybridized carbons (Fsp3) is 0.579. The van der Waals surface area contributed by atoms with Gasteiger partial charge in [0.2, 0.25) is 0 Å². The second-order valence-electron chi connectivity index (χ2n) is 5.95. The molecule has 23 heavy (non-hydrogen) atoms. The van der Waals surface area contributed by atoms with E-state index in [9.17, 15) is 0 Å². The lowest BCUT2D eigenvalue weighted by molar-refractivity contribution is 0.575. The SMILES string of the molecule is CCCCCCCCCc1nc2ccccc2n1CCC#N.Cl. The molecule has 0 bridgehead atoms. The average molecular weight is 334 g/mol. The molecular weight excluding hydrogens is 306 g/mol. The van der Waals surface area contributed by atoms with Gasteiger partial charge in [-0.25, -0.2) is 4.98 Å². The van der Waals surface area contributed by atoms with Crippen molar-refractivity contribution in [3.05, 3.63) is 30.1 Å². The molecule has 0 aliphatic carbocycles. The Balaban J connectivity index is 0.00000264. The fourth-order valence-electron chi connectivity index (χ4n) is 2.97. The largest absolute Gasteiger partial charge is 0.327 e. The zero-order valence-corrected chi connectivity index (χ0v) is 14.9. The van der Waals surface area contributed by atoms with Crippen LogP contribution in [0.25, 0.3) is 11.0 Å². The van der Waals surface area contributed by atoms with Crippen molar-refractivity contribution in [1.82, 2.24) is 9.55 Å². The van der Waals surface area contributed by atoms with Crippen LogP contribution in [0, 0.1) is 11.3 Å². The molecule has 0 N–H and O–H groups in total. The third kappa shape index (κ3) is 5.88. The minimum atomic E-state index is 0. The number of nitrogens with zero attached hydrogens (tertiary/aromatic N) is 3. The second kappa shape index (κ2) is 11.1. The molecule has 0 spiro atoms. The summed E-state index contributed by atoms with van der Waals surface area (Å²) in [4.78, 5) is 4.77. The van der Waals surface area contributed by atoms with E-state index in [1.165, 1.54) is 44.9 Å². The number of imidazole rings is 1. The van der Waals surface area contributed by atoms with E-state index in [-0.39, 0.29) is 12.4 Å². The molecule has 0 saturated carbocycles. The van der Waals surface area contributed by atoms with E-state index in [2.05, 4.69) is 29.7 Å². The number of aryl methyl sites for hydroxylation is 2. The highest BCUT2D eigenvalue weighted by atomic mass is 35.5. The third-order valence-corrected chi connectivity index (χ3v) is 4.18. The van der Waals surface area contributed by atoms with Crippen molar-refractivity contribution in [1.29, 1.82) is 5.26 Å². The fourth-order valence-corrected chi connectivity index (χ4v) is 2.97. The number of benzene rings is 1.